The maximum Gasteiger partial charge on any atom is -0.00477 e. The van der Waals surface area contributed by atoms with E-state index in [1.54, 1.807) is 0 Å². The van der Waals surface area contributed by atoms with E-state index in [-0.39, 0.29) is 0 Å². The first-order valence-corrected chi connectivity index (χ1v) is 4.92. The van der Waals surface area contributed by atoms with Crippen LogP contribution in [-0.4, -0.2) is 6.21 Å². The van der Waals surface area contributed by atoms with Gasteiger partial charge in [-0.05, 0) is 45.7 Å². The van der Waals surface area contributed by atoms with Crippen molar-refractivity contribution in [3.63, 3.8) is 0 Å². The third-order valence-corrected chi connectivity index (χ3v) is 2.16. The minimum atomic E-state index is 0.961. The van der Waals surface area contributed by atoms with Gasteiger partial charge in [0.2, 0.25) is 0 Å². The van der Waals surface area contributed by atoms with E-state index in [1.165, 1.54) is 43.9 Å². The lowest BCUT2D eigenvalue weighted by Gasteiger charge is -1.99. The monoisotopic (exact) mass is 167 g/mol. The molecule has 1 heteroatoms. The predicted molar refractivity (Wildman–Crippen MR) is 55.9 cm³/mol. The topological polar surface area (TPSA) is 23.9 Å². The maximum absolute atomic E-state index is 6.85. The molecule has 12 heavy (non-hydrogen) atoms. The molecule has 0 aromatic heterocycles. The molecule has 0 radical (unpaired) electrons. The van der Waals surface area contributed by atoms with Crippen LogP contribution in [0.2, 0.25) is 0 Å². The van der Waals surface area contributed by atoms with Crippen LogP contribution in [0.5, 0.6) is 0 Å². The van der Waals surface area contributed by atoms with Gasteiger partial charge in [-0.15, -0.1) is 0 Å². The molecule has 0 rings (SSSR count). The predicted octanol–water partition coefficient (Wildman–Crippen LogP) is 3.94. The van der Waals surface area contributed by atoms with Crippen LogP contribution in [0.3, 0.4) is 0 Å². The molecule has 70 valence electrons. The zero-order valence-corrected chi connectivity index (χ0v) is 8.40. The van der Waals surface area contributed by atoms with Crippen LogP contribution in [0.4, 0.5) is 0 Å². The van der Waals surface area contributed by atoms with Gasteiger partial charge in [-0.3, -0.25) is 0 Å². The van der Waals surface area contributed by atoms with Crippen LogP contribution in [0.25, 0.3) is 0 Å². The van der Waals surface area contributed by atoms with Crippen molar-refractivity contribution < 1.29 is 0 Å². The Hall–Kier alpha value is -0.590. The number of unbranched alkanes of at least 4 members (excludes halogenated alkanes) is 4. The molecule has 0 spiro atoms. The highest BCUT2D eigenvalue weighted by Crippen LogP contribution is 2.09. The Labute approximate surface area is 76.4 Å². The zero-order chi connectivity index (χ0) is 9.23. The van der Waals surface area contributed by atoms with Gasteiger partial charge in [0, 0.05) is 0 Å². The number of rotatable bonds is 7. The number of hydrogen-bond acceptors (Lipinski definition) is 1. The zero-order valence-electron chi connectivity index (χ0n) is 8.40. The molecule has 0 aliphatic heterocycles. The molecule has 0 fully saturated rings. The van der Waals surface area contributed by atoms with E-state index >= 15 is 0 Å². The van der Waals surface area contributed by atoms with Gasteiger partial charge in [-0.25, -0.2) is 0 Å². The summed E-state index contributed by atoms with van der Waals surface area (Å²) in [6, 6.07) is 0. The van der Waals surface area contributed by atoms with E-state index in [4.69, 9.17) is 5.41 Å². The number of hydrogen-bond donors (Lipinski definition) is 1. The summed E-state index contributed by atoms with van der Waals surface area (Å²) in [7, 11) is 0. The van der Waals surface area contributed by atoms with Crippen molar-refractivity contribution in [1.29, 1.82) is 5.41 Å². The van der Waals surface area contributed by atoms with E-state index in [1.807, 2.05) is 0 Å². The van der Waals surface area contributed by atoms with Gasteiger partial charge in [0.05, 0.1) is 0 Å². The van der Waals surface area contributed by atoms with Crippen molar-refractivity contribution >= 4 is 6.21 Å². The summed E-state index contributed by atoms with van der Waals surface area (Å²) in [5.41, 5.74) is 1.50. The molecule has 0 aliphatic rings. The summed E-state index contributed by atoms with van der Waals surface area (Å²) in [6.07, 6.45) is 11.0. The Kier molecular flexibility index (Phi) is 8.09. The SMILES string of the molecule is C/C=C(\C)CCCCCCC=N. The van der Waals surface area contributed by atoms with E-state index in [2.05, 4.69) is 19.9 Å². The maximum atomic E-state index is 6.85. The molecule has 0 atom stereocenters. The standard InChI is InChI=1S/C11H21N/c1-3-11(2)9-7-5-4-6-8-10-12/h3,10,12H,4-9H2,1-2H3/b11-3+,12-10?. The van der Waals surface area contributed by atoms with Crippen LogP contribution < -0.4 is 0 Å². The lowest BCUT2D eigenvalue weighted by molar-refractivity contribution is 0.652. The highest BCUT2D eigenvalue weighted by atomic mass is 14.3. The third-order valence-electron chi connectivity index (χ3n) is 2.16. The molecule has 0 saturated carbocycles. The van der Waals surface area contributed by atoms with Crippen molar-refractivity contribution in [3.8, 4) is 0 Å². The van der Waals surface area contributed by atoms with Gasteiger partial charge < -0.3 is 5.41 Å². The molecule has 0 unspecified atom stereocenters. The van der Waals surface area contributed by atoms with Crippen molar-refractivity contribution in [2.75, 3.05) is 0 Å². The first-order chi connectivity index (χ1) is 5.81. The number of nitrogens with one attached hydrogen (secondary N) is 1. The van der Waals surface area contributed by atoms with Gasteiger partial charge in [0.25, 0.3) is 0 Å². The summed E-state index contributed by atoms with van der Waals surface area (Å²) < 4.78 is 0. The Balaban J connectivity index is 3.05. The molecule has 0 heterocycles. The van der Waals surface area contributed by atoms with Crippen LogP contribution >= 0.6 is 0 Å². The van der Waals surface area contributed by atoms with Gasteiger partial charge in [-0.1, -0.05) is 24.5 Å². The molecule has 0 aromatic carbocycles. The van der Waals surface area contributed by atoms with Gasteiger partial charge >= 0.3 is 0 Å². The molecule has 0 aromatic rings. The second-order valence-electron chi connectivity index (χ2n) is 3.29. The van der Waals surface area contributed by atoms with E-state index in [9.17, 15) is 0 Å². The van der Waals surface area contributed by atoms with Crippen molar-refractivity contribution in [2.24, 2.45) is 0 Å². The second-order valence-corrected chi connectivity index (χ2v) is 3.29. The smallest absolute Gasteiger partial charge is 0.00477 e. The summed E-state index contributed by atoms with van der Waals surface area (Å²) >= 11 is 0. The van der Waals surface area contributed by atoms with E-state index in [0.717, 1.165) is 6.42 Å². The molecule has 0 saturated heterocycles. The molecule has 0 amide bonds. The molecule has 1 N–H and O–H groups in total. The molecule has 1 nitrogen and oxygen atoms in total. The van der Waals surface area contributed by atoms with Crippen LogP contribution in [0.1, 0.15) is 52.4 Å². The Morgan fingerprint density at radius 3 is 2.42 bits per heavy atom. The normalized spacial score (nSPS) is 11.7. The number of allylic oxidation sites excluding steroid dienone is 2. The molecular formula is C11H21N. The van der Waals surface area contributed by atoms with Gasteiger partial charge in [0.15, 0.2) is 0 Å². The van der Waals surface area contributed by atoms with Crippen LogP contribution in [-0.2, 0) is 0 Å². The average molecular weight is 167 g/mol. The average Bonchev–Trinajstić information content (AvgIpc) is 2.10. The van der Waals surface area contributed by atoms with E-state index in [0.29, 0.717) is 0 Å². The van der Waals surface area contributed by atoms with Gasteiger partial charge in [-0.2, -0.15) is 0 Å². The summed E-state index contributed by atoms with van der Waals surface area (Å²) in [4.78, 5) is 0. The minimum absolute atomic E-state index is 0.961. The molecular weight excluding hydrogens is 146 g/mol. The first-order valence-electron chi connectivity index (χ1n) is 4.92. The van der Waals surface area contributed by atoms with E-state index < -0.39 is 0 Å². The fraction of sp³-hybridized carbons (Fsp3) is 0.727. The highest BCUT2D eigenvalue weighted by molar-refractivity contribution is 5.52. The first kappa shape index (κ1) is 11.4. The summed E-state index contributed by atoms with van der Waals surface area (Å²) in [5, 5.41) is 6.85. The highest BCUT2D eigenvalue weighted by Gasteiger charge is 1.90. The van der Waals surface area contributed by atoms with Crippen molar-refractivity contribution in [2.45, 2.75) is 52.4 Å². The summed E-state index contributed by atoms with van der Waals surface area (Å²) in [6.45, 7) is 4.29. The van der Waals surface area contributed by atoms with Gasteiger partial charge in [0.1, 0.15) is 0 Å². The minimum Gasteiger partial charge on any atom is -0.313 e. The Morgan fingerprint density at radius 1 is 1.17 bits per heavy atom. The third kappa shape index (κ3) is 7.52. The Bertz CT molecular complexity index is 136. The molecule has 0 aliphatic carbocycles. The molecule has 0 bridgehead atoms. The summed E-state index contributed by atoms with van der Waals surface area (Å²) in [5.74, 6) is 0. The fourth-order valence-corrected chi connectivity index (χ4v) is 1.15. The quantitative estimate of drug-likeness (QED) is 0.337. The van der Waals surface area contributed by atoms with Crippen LogP contribution in [0, 0.1) is 5.41 Å². The second kappa shape index (κ2) is 8.51. The Morgan fingerprint density at radius 2 is 1.83 bits per heavy atom. The fourth-order valence-electron chi connectivity index (χ4n) is 1.15. The van der Waals surface area contributed by atoms with Crippen molar-refractivity contribution in [3.05, 3.63) is 11.6 Å². The van der Waals surface area contributed by atoms with Crippen molar-refractivity contribution in [1.82, 2.24) is 0 Å². The lowest BCUT2D eigenvalue weighted by Crippen LogP contribution is -1.81. The van der Waals surface area contributed by atoms with Crippen LogP contribution in [0.15, 0.2) is 11.6 Å². The lowest BCUT2D eigenvalue weighted by atomic mass is 10.1. The largest absolute Gasteiger partial charge is 0.313 e.